The van der Waals surface area contributed by atoms with Crippen LogP contribution in [0, 0.1) is 12.8 Å². The van der Waals surface area contributed by atoms with Crippen LogP contribution in [-0.4, -0.2) is 37.0 Å². The van der Waals surface area contributed by atoms with E-state index in [0.29, 0.717) is 17.1 Å². The summed E-state index contributed by atoms with van der Waals surface area (Å²) < 4.78 is 11.7. The highest BCUT2D eigenvalue weighted by Crippen LogP contribution is 2.28. The lowest BCUT2D eigenvalue weighted by Gasteiger charge is -2.17. The summed E-state index contributed by atoms with van der Waals surface area (Å²) in [6.45, 7) is 5.56. The van der Waals surface area contributed by atoms with Crippen molar-refractivity contribution in [2.24, 2.45) is 5.92 Å². The Hall–Kier alpha value is -2.87. The second-order valence-electron chi connectivity index (χ2n) is 7.68. The van der Waals surface area contributed by atoms with Gasteiger partial charge in [-0.25, -0.2) is 0 Å². The molecule has 1 atom stereocenters. The van der Waals surface area contributed by atoms with E-state index in [1.807, 2.05) is 32.9 Å². The van der Waals surface area contributed by atoms with Crippen molar-refractivity contribution in [2.45, 2.75) is 33.3 Å². The molecule has 0 bridgehead atoms. The molecule has 1 N–H and O–H groups in total. The lowest BCUT2D eigenvalue weighted by Crippen LogP contribution is -2.28. The summed E-state index contributed by atoms with van der Waals surface area (Å²) in [7, 11) is 0. The van der Waals surface area contributed by atoms with E-state index in [-0.39, 0.29) is 25.0 Å². The molecule has 0 saturated carbocycles. The van der Waals surface area contributed by atoms with Gasteiger partial charge in [0.05, 0.1) is 12.0 Å². The number of hydrogen-bond donors (Lipinski definition) is 1. The number of anilines is 2. The first kappa shape index (κ1) is 22.8. The Morgan fingerprint density at radius 3 is 2.55 bits per heavy atom. The molecule has 1 aliphatic rings. The van der Waals surface area contributed by atoms with Crippen LogP contribution in [0.3, 0.4) is 0 Å². The molecule has 0 spiro atoms. The average molecular weight is 489 g/mol. The summed E-state index contributed by atoms with van der Waals surface area (Å²) in [4.78, 5) is 38.5. The van der Waals surface area contributed by atoms with E-state index in [9.17, 15) is 14.4 Å². The van der Waals surface area contributed by atoms with Gasteiger partial charge in [0.15, 0.2) is 6.61 Å². The highest BCUT2D eigenvalue weighted by atomic mass is 79.9. The number of rotatable bonds is 7. The largest absolute Gasteiger partial charge is 0.491 e. The van der Waals surface area contributed by atoms with Gasteiger partial charge in [0.2, 0.25) is 5.91 Å². The van der Waals surface area contributed by atoms with E-state index < -0.39 is 24.4 Å². The van der Waals surface area contributed by atoms with Gasteiger partial charge >= 0.3 is 5.97 Å². The second kappa shape index (κ2) is 9.96. The van der Waals surface area contributed by atoms with Gasteiger partial charge in [-0.1, -0.05) is 15.9 Å². The minimum atomic E-state index is -0.610. The zero-order valence-corrected chi connectivity index (χ0v) is 19.3. The number of aryl methyl sites for hydroxylation is 1. The van der Waals surface area contributed by atoms with Gasteiger partial charge in [0, 0.05) is 28.8 Å². The lowest BCUT2D eigenvalue weighted by molar-refractivity contribution is -0.151. The van der Waals surface area contributed by atoms with Crippen LogP contribution in [0.2, 0.25) is 0 Å². The molecule has 1 saturated heterocycles. The summed E-state index contributed by atoms with van der Waals surface area (Å²) in [6, 6.07) is 12.6. The number of esters is 1. The van der Waals surface area contributed by atoms with Crippen molar-refractivity contribution >= 4 is 45.1 Å². The number of carbonyl (C=O) groups excluding carboxylic acids is 3. The van der Waals surface area contributed by atoms with Crippen LogP contribution in [0.5, 0.6) is 5.75 Å². The van der Waals surface area contributed by atoms with Crippen molar-refractivity contribution in [1.29, 1.82) is 0 Å². The van der Waals surface area contributed by atoms with Crippen molar-refractivity contribution in [3.63, 3.8) is 0 Å². The number of ether oxygens (including phenoxy) is 2. The molecule has 7 nitrogen and oxygen atoms in total. The molecule has 2 aromatic carbocycles. The first-order valence-electron chi connectivity index (χ1n) is 10.0. The van der Waals surface area contributed by atoms with Crippen LogP contribution < -0.4 is 15.0 Å². The Kier molecular flexibility index (Phi) is 7.33. The molecule has 0 aliphatic carbocycles. The summed E-state index contributed by atoms with van der Waals surface area (Å²) in [5, 5.41) is 2.72. The Bertz CT molecular complexity index is 974. The van der Waals surface area contributed by atoms with Gasteiger partial charge in [0.25, 0.3) is 5.91 Å². The lowest BCUT2D eigenvalue weighted by atomic mass is 10.1. The number of hydrogen-bond acceptors (Lipinski definition) is 5. The average Bonchev–Trinajstić information content (AvgIpc) is 3.10. The Labute approximate surface area is 189 Å². The van der Waals surface area contributed by atoms with Crippen LogP contribution in [0.15, 0.2) is 46.9 Å². The predicted molar refractivity (Wildman–Crippen MR) is 121 cm³/mol. The van der Waals surface area contributed by atoms with E-state index in [0.717, 1.165) is 10.0 Å². The van der Waals surface area contributed by atoms with Gasteiger partial charge in [-0.3, -0.25) is 14.4 Å². The quantitative estimate of drug-likeness (QED) is 0.593. The molecular formula is C23H25BrN2O5. The molecule has 0 aromatic heterocycles. The number of nitrogens with zero attached hydrogens (tertiary/aromatic N) is 1. The molecule has 8 heteroatoms. The minimum absolute atomic E-state index is 0.0521. The molecular weight excluding hydrogens is 464 g/mol. The molecule has 2 amide bonds. The molecule has 3 rings (SSSR count). The Morgan fingerprint density at radius 1 is 1.19 bits per heavy atom. The van der Waals surface area contributed by atoms with E-state index in [1.54, 1.807) is 35.2 Å². The third-order valence-corrected chi connectivity index (χ3v) is 5.28. The number of benzene rings is 2. The number of nitrogens with one attached hydrogen (secondary N) is 1. The second-order valence-corrected chi connectivity index (χ2v) is 8.60. The molecule has 1 heterocycles. The highest BCUT2D eigenvalue weighted by molar-refractivity contribution is 9.10. The van der Waals surface area contributed by atoms with E-state index >= 15 is 0 Å². The first-order chi connectivity index (χ1) is 14.7. The molecule has 1 unspecified atom stereocenters. The van der Waals surface area contributed by atoms with Crippen molar-refractivity contribution in [2.75, 3.05) is 23.4 Å². The maximum Gasteiger partial charge on any atom is 0.311 e. The van der Waals surface area contributed by atoms with Crippen molar-refractivity contribution in [1.82, 2.24) is 0 Å². The van der Waals surface area contributed by atoms with Crippen LogP contribution in [-0.2, 0) is 19.1 Å². The summed E-state index contributed by atoms with van der Waals surface area (Å²) in [6.07, 6.45) is 0.111. The van der Waals surface area contributed by atoms with E-state index in [2.05, 4.69) is 21.2 Å². The maximum absolute atomic E-state index is 12.4. The van der Waals surface area contributed by atoms with Crippen LogP contribution >= 0.6 is 15.9 Å². The molecule has 2 aromatic rings. The van der Waals surface area contributed by atoms with E-state index in [1.165, 1.54) is 0 Å². The fourth-order valence-corrected chi connectivity index (χ4v) is 3.78. The number of halogens is 1. The van der Waals surface area contributed by atoms with Crippen LogP contribution in [0.1, 0.15) is 25.8 Å². The molecule has 1 fully saturated rings. The fraction of sp³-hybridized carbons (Fsp3) is 0.348. The zero-order chi connectivity index (χ0) is 22.5. The Balaban J connectivity index is 1.52. The third-order valence-electron chi connectivity index (χ3n) is 4.79. The number of amides is 2. The van der Waals surface area contributed by atoms with Gasteiger partial charge in [0.1, 0.15) is 5.75 Å². The molecule has 0 radical (unpaired) electrons. The molecule has 31 heavy (non-hydrogen) atoms. The smallest absolute Gasteiger partial charge is 0.311 e. The highest BCUT2D eigenvalue weighted by Gasteiger charge is 2.36. The monoisotopic (exact) mass is 488 g/mol. The SMILES string of the molecule is Cc1cc(Br)ccc1NC(=O)COC(=O)C1CC(=O)N(c2ccc(OC(C)C)cc2)C1. The fourth-order valence-electron chi connectivity index (χ4n) is 3.30. The zero-order valence-electron chi connectivity index (χ0n) is 17.7. The van der Waals surface area contributed by atoms with Crippen LogP contribution in [0.4, 0.5) is 11.4 Å². The summed E-state index contributed by atoms with van der Waals surface area (Å²) in [5.41, 5.74) is 2.23. The third kappa shape index (κ3) is 6.07. The van der Waals surface area contributed by atoms with Crippen molar-refractivity contribution < 1.29 is 23.9 Å². The molecule has 164 valence electrons. The van der Waals surface area contributed by atoms with Crippen LogP contribution in [0.25, 0.3) is 0 Å². The minimum Gasteiger partial charge on any atom is -0.491 e. The van der Waals surface area contributed by atoms with Gasteiger partial charge in [-0.2, -0.15) is 0 Å². The normalized spacial score (nSPS) is 15.8. The first-order valence-corrected chi connectivity index (χ1v) is 10.8. The van der Waals surface area contributed by atoms with Gasteiger partial charge in [-0.15, -0.1) is 0 Å². The van der Waals surface area contributed by atoms with Crippen molar-refractivity contribution in [3.05, 3.63) is 52.5 Å². The van der Waals surface area contributed by atoms with Gasteiger partial charge < -0.3 is 19.7 Å². The Morgan fingerprint density at radius 2 is 1.90 bits per heavy atom. The van der Waals surface area contributed by atoms with Crippen molar-refractivity contribution in [3.8, 4) is 5.75 Å². The van der Waals surface area contributed by atoms with Gasteiger partial charge in [-0.05, 0) is 68.8 Å². The van der Waals surface area contributed by atoms with E-state index in [4.69, 9.17) is 9.47 Å². The number of carbonyl (C=O) groups is 3. The maximum atomic E-state index is 12.4. The summed E-state index contributed by atoms with van der Waals surface area (Å²) in [5.74, 6) is -1.04. The summed E-state index contributed by atoms with van der Waals surface area (Å²) >= 11 is 3.37. The standard InChI is InChI=1S/C23H25BrN2O5/c1-14(2)31-19-7-5-18(6-8-19)26-12-16(11-22(26)28)23(29)30-13-21(27)25-20-9-4-17(24)10-15(20)3/h4-10,14,16H,11-13H2,1-3H3,(H,25,27). The predicted octanol–water partition coefficient (Wildman–Crippen LogP) is 4.08. The molecule has 1 aliphatic heterocycles. The topological polar surface area (TPSA) is 84.9 Å².